The van der Waals surface area contributed by atoms with Gasteiger partial charge in [-0.1, -0.05) is 0 Å². The standard InChI is InChI=1S/2C2H7O3P.Mg/c2*1-5-6(2,3)4;/h2*1-2H3,(H,3,4);/q;;+2/p-2. The summed E-state index contributed by atoms with van der Waals surface area (Å²) in [6, 6.07) is 0. The maximum Gasteiger partial charge on any atom is 2.00 e. The summed E-state index contributed by atoms with van der Waals surface area (Å²) in [5, 5.41) is 0. The Kier molecular flexibility index (Phi) is 12.6. The number of hydrogen-bond donors (Lipinski definition) is 0. The van der Waals surface area contributed by atoms with Crippen molar-refractivity contribution in [2.45, 2.75) is 0 Å². The Morgan fingerprint density at radius 2 is 1.00 bits per heavy atom. The van der Waals surface area contributed by atoms with E-state index in [1.807, 2.05) is 0 Å². The van der Waals surface area contributed by atoms with Crippen LogP contribution in [-0.2, 0) is 18.2 Å². The molecule has 0 aliphatic heterocycles. The predicted molar refractivity (Wildman–Crippen MR) is 46.8 cm³/mol. The van der Waals surface area contributed by atoms with E-state index in [4.69, 9.17) is 0 Å². The fourth-order valence-corrected chi connectivity index (χ4v) is 0. The Bertz CT molecular complexity index is 173. The van der Waals surface area contributed by atoms with E-state index in [2.05, 4.69) is 9.05 Å². The zero-order chi connectivity index (χ0) is 10.4. The third-order valence-electron chi connectivity index (χ3n) is 0.663. The van der Waals surface area contributed by atoms with Crippen molar-refractivity contribution in [2.24, 2.45) is 0 Å². The van der Waals surface area contributed by atoms with E-state index in [0.29, 0.717) is 0 Å². The van der Waals surface area contributed by atoms with E-state index in [0.717, 1.165) is 27.5 Å². The molecule has 6 nitrogen and oxygen atoms in total. The molecular weight excluding hydrogens is 230 g/mol. The largest absolute Gasteiger partial charge is 2.00 e. The molecule has 0 radical (unpaired) electrons. The van der Waals surface area contributed by atoms with E-state index < -0.39 is 15.2 Å². The summed E-state index contributed by atoms with van der Waals surface area (Å²) in [5.41, 5.74) is 0. The summed E-state index contributed by atoms with van der Waals surface area (Å²) in [4.78, 5) is 19.6. The van der Waals surface area contributed by atoms with Gasteiger partial charge in [-0.3, -0.25) is 0 Å². The summed E-state index contributed by atoms with van der Waals surface area (Å²) in [7, 11) is -4.53. The van der Waals surface area contributed by atoms with Crippen LogP contribution >= 0.6 is 15.2 Å². The van der Waals surface area contributed by atoms with E-state index in [1.165, 1.54) is 0 Å². The molecule has 13 heavy (non-hydrogen) atoms. The number of rotatable bonds is 2. The van der Waals surface area contributed by atoms with Gasteiger partial charge in [-0.25, -0.2) is 0 Å². The normalized spacial score (nSPS) is 18.3. The van der Waals surface area contributed by atoms with E-state index in [9.17, 15) is 18.9 Å². The van der Waals surface area contributed by atoms with Crippen LogP contribution in [0.2, 0.25) is 0 Å². The minimum absolute atomic E-state index is 0. The first kappa shape index (κ1) is 19.6. The molecule has 76 valence electrons. The zero-order valence-electron chi connectivity index (χ0n) is 8.05. The van der Waals surface area contributed by atoms with Gasteiger partial charge in [0.1, 0.15) is 15.2 Å². The zero-order valence-corrected chi connectivity index (χ0v) is 11.3. The van der Waals surface area contributed by atoms with Crippen LogP contribution in [0.3, 0.4) is 0 Å². The second-order valence-electron chi connectivity index (χ2n) is 1.91. The molecule has 0 aromatic rings. The van der Waals surface area contributed by atoms with Gasteiger partial charge in [-0.15, -0.1) is 0 Å². The third kappa shape index (κ3) is 32.0. The van der Waals surface area contributed by atoms with Gasteiger partial charge < -0.3 is 28.0 Å². The first-order valence-corrected chi connectivity index (χ1v) is 6.79. The molecule has 2 unspecified atom stereocenters. The van der Waals surface area contributed by atoms with Crippen LogP contribution in [0.15, 0.2) is 0 Å². The Morgan fingerprint density at radius 1 is 0.923 bits per heavy atom. The first-order chi connectivity index (χ1) is 5.12. The van der Waals surface area contributed by atoms with Crippen molar-refractivity contribution in [3.8, 4) is 0 Å². The third-order valence-corrected chi connectivity index (χ3v) is 1.99. The maximum absolute atomic E-state index is 9.81. The molecule has 0 rings (SSSR count). The SMILES string of the molecule is COP(C)(=O)[O-].COP(C)(=O)[O-].[Mg+2]. The Morgan fingerprint density at radius 3 is 1.00 bits per heavy atom. The predicted octanol–water partition coefficient (Wildman–Crippen LogP) is -0.749. The molecule has 0 fully saturated rings. The van der Waals surface area contributed by atoms with Crippen molar-refractivity contribution < 1.29 is 28.0 Å². The molecule has 0 aromatic heterocycles. The van der Waals surface area contributed by atoms with Crippen molar-refractivity contribution in [1.29, 1.82) is 0 Å². The van der Waals surface area contributed by atoms with Crippen LogP contribution in [0.1, 0.15) is 0 Å². The van der Waals surface area contributed by atoms with Gasteiger partial charge in [0, 0.05) is 27.5 Å². The fraction of sp³-hybridized carbons (Fsp3) is 1.00. The van der Waals surface area contributed by atoms with Gasteiger partial charge in [0.2, 0.25) is 0 Å². The summed E-state index contributed by atoms with van der Waals surface area (Å²) in [5.74, 6) is 0. The smallest absolute Gasteiger partial charge is 0.779 e. The average molecular weight is 242 g/mol. The van der Waals surface area contributed by atoms with Crippen LogP contribution in [0.4, 0.5) is 0 Å². The molecule has 0 saturated carbocycles. The minimum Gasteiger partial charge on any atom is -0.779 e. The summed E-state index contributed by atoms with van der Waals surface area (Å²) in [6.45, 7) is 2.04. The molecule has 0 aliphatic rings. The van der Waals surface area contributed by atoms with Crippen molar-refractivity contribution >= 4 is 38.2 Å². The molecule has 9 heteroatoms. The van der Waals surface area contributed by atoms with Crippen molar-refractivity contribution in [3.05, 3.63) is 0 Å². The monoisotopic (exact) mass is 242 g/mol. The number of hydrogen-bond acceptors (Lipinski definition) is 6. The van der Waals surface area contributed by atoms with Gasteiger partial charge in [-0.2, -0.15) is 0 Å². The van der Waals surface area contributed by atoms with Gasteiger partial charge >= 0.3 is 23.1 Å². The van der Waals surface area contributed by atoms with E-state index in [1.54, 1.807) is 0 Å². The molecule has 0 spiro atoms. The van der Waals surface area contributed by atoms with Crippen molar-refractivity contribution in [3.63, 3.8) is 0 Å². The maximum atomic E-state index is 9.81. The van der Waals surface area contributed by atoms with Gasteiger partial charge in [-0.05, 0) is 0 Å². The molecular formula is C4H12MgO6P2. The Hall–Kier alpha value is 1.07. The Labute approximate surface area is 93.9 Å². The molecule has 0 bridgehead atoms. The first-order valence-electron chi connectivity index (χ1n) is 2.81. The van der Waals surface area contributed by atoms with Gasteiger partial charge in [0.05, 0.1) is 0 Å². The van der Waals surface area contributed by atoms with Crippen LogP contribution in [0.25, 0.3) is 0 Å². The molecule has 0 saturated heterocycles. The molecule has 0 aromatic carbocycles. The fourth-order valence-electron chi connectivity index (χ4n) is 0. The average Bonchev–Trinajstić information content (AvgIpc) is 1.86. The van der Waals surface area contributed by atoms with Crippen molar-refractivity contribution in [1.82, 2.24) is 0 Å². The summed E-state index contributed by atoms with van der Waals surface area (Å²) in [6.07, 6.45) is 0. The molecule has 0 N–H and O–H groups in total. The van der Waals surface area contributed by atoms with Crippen LogP contribution in [-0.4, -0.2) is 50.6 Å². The Balaban J connectivity index is -0.000000143. The minimum atomic E-state index is -3.40. The second kappa shape index (κ2) is 8.38. The molecule has 0 heterocycles. The van der Waals surface area contributed by atoms with Gasteiger partial charge in [0.15, 0.2) is 0 Å². The van der Waals surface area contributed by atoms with E-state index in [-0.39, 0.29) is 23.1 Å². The molecule has 2 atom stereocenters. The van der Waals surface area contributed by atoms with Gasteiger partial charge in [0.25, 0.3) is 0 Å². The van der Waals surface area contributed by atoms with E-state index >= 15 is 0 Å². The molecule has 0 aliphatic carbocycles. The van der Waals surface area contributed by atoms with Crippen LogP contribution < -0.4 is 9.79 Å². The summed E-state index contributed by atoms with van der Waals surface area (Å²) < 4.78 is 27.5. The van der Waals surface area contributed by atoms with Crippen molar-refractivity contribution in [2.75, 3.05) is 27.5 Å². The topological polar surface area (TPSA) is 98.7 Å². The quantitative estimate of drug-likeness (QED) is 0.467. The van der Waals surface area contributed by atoms with Crippen LogP contribution in [0, 0.1) is 0 Å². The van der Waals surface area contributed by atoms with Crippen LogP contribution in [0.5, 0.6) is 0 Å². The summed E-state index contributed by atoms with van der Waals surface area (Å²) >= 11 is 0. The molecule has 0 amide bonds. The second-order valence-corrected chi connectivity index (χ2v) is 5.72.